The highest BCUT2D eigenvalue weighted by Crippen LogP contribution is 2.31. The Morgan fingerprint density at radius 2 is 1.66 bits per heavy atom. The highest BCUT2D eigenvalue weighted by molar-refractivity contribution is 5.73. The number of aromatic nitrogens is 1. The average molecular weight is 439 g/mol. The number of rotatable bonds is 4. The van der Waals surface area contributed by atoms with Gasteiger partial charge in [0, 0.05) is 45.3 Å². The van der Waals surface area contributed by atoms with E-state index in [4.69, 9.17) is 16.2 Å². The molecule has 0 unspecified atom stereocenters. The topological polar surface area (TPSA) is 126 Å². The molecule has 1 aromatic heterocycles. The van der Waals surface area contributed by atoms with Crippen molar-refractivity contribution in [1.29, 1.82) is 0 Å². The number of ether oxygens (including phenoxy) is 1. The SMILES string of the molecule is CN1CCN(C2CCN(C(=O)Oc3ccccc3N=Nc3ccc(N)nc3N)CC2)CC1. The van der Waals surface area contributed by atoms with Crippen molar-refractivity contribution in [1.82, 2.24) is 19.7 Å². The summed E-state index contributed by atoms with van der Waals surface area (Å²) < 4.78 is 5.66. The Bertz CT molecular complexity index is 966. The van der Waals surface area contributed by atoms with Gasteiger partial charge in [-0.25, -0.2) is 9.78 Å². The number of nitrogens with two attached hydrogens (primary N) is 2. The number of pyridine rings is 1. The van der Waals surface area contributed by atoms with Crippen LogP contribution in [0.1, 0.15) is 12.8 Å². The summed E-state index contributed by atoms with van der Waals surface area (Å²) in [7, 11) is 2.16. The van der Waals surface area contributed by atoms with Gasteiger partial charge in [-0.1, -0.05) is 12.1 Å². The first-order valence-corrected chi connectivity index (χ1v) is 10.9. The number of nitrogens with zero attached hydrogens (tertiary/aromatic N) is 6. The summed E-state index contributed by atoms with van der Waals surface area (Å²) in [6.07, 6.45) is 1.56. The molecular formula is C22H30N8O2. The van der Waals surface area contributed by atoms with Crippen LogP contribution in [0.25, 0.3) is 0 Å². The van der Waals surface area contributed by atoms with Gasteiger partial charge in [0.1, 0.15) is 17.2 Å². The van der Waals surface area contributed by atoms with Crippen molar-refractivity contribution in [2.24, 2.45) is 10.2 Å². The van der Waals surface area contributed by atoms with E-state index in [0.717, 1.165) is 39.0 Å². The van der Waals surface area contributed by atoms with Crippen molar-refractivity contribution in [3.63, 3.8) is 0 Å². The van der Waals surface area contributed by atoms with Crippen molar-refractivity contribution < 1.29 is 9.53 Å². The highest BCUT2D eigenvalue weighted by Gasteiger charge is 2.29. The second-order valence-electron chi connectivity index (χ2n) is 8.23. The van der Waals surface area contributed by atoms with E-state index in [0.29, 0.717) is 42.1 Å². The number of carbonyl (C=O) groups excluding carboxylic acids is 1. The first kappa shape index (κ1) is 22.0. The Hall–Kier alpha value is -3.24. The Morgan fingerprint density at radius 3 is 2.38 bits per heavy atom. The van der Waals surface area contributed by atoms with E-state index in [1.54, 1.807) is 41.3 Å². The summed E-state index contributed by atoms with van der Waals surface area (Å²) in [6.45, 7) is 5.77. The molecule has 10 nitrogen and oxygen atoms in total. The number of azo groups is 1. The molecule has 4 rings (SSSR count). The van der Waals surface area contributed by atoms with Crippen LogP contribution in [0.15, 0.2) is 46.6 Å². The molecular weight excluding hydrogens is 408 g/mol. The molecule has 0 aliphatic carbocycles. The molecule has 2 aromatic rings. The lowest BCUT2D eigenvalue weighted by molar-refractivity contribution is 0.0675. The van der Waals surface area contributed by atoms with Gasteiger partial charge in [-0.05, 0) is 44.2 Å². The van der Waals surface area contributed by atoms with E-state index in [-0.39, 0.29) is 11.9 Å². The third-order valence-corrected chi connectivity index (χ3v) is 6.03. The summed E-state index contributed by atoms with van der Waals surface area (Å²) in [6, 6.07) is 10.8. The molecule has 1 amide bonds. The van der Waals surface area contributed by atoms with Crippen LogP contribution in [0, 0.1) is 0 Å². The number of anilines is 2. The summed E-state index contributed by atoms with van der Waals surface area (Å²) in [4.78, 5) is 23.4. The average Bonchev–Trinajstić information content (AvgIpc) is 2.80. The molecule has 0 saturated carbocycles. The minimum absolute atomic E-state index is 0.187. The van der Waals surface area contributed by atoms with E-state index in [1.807, 2.05) is 0 Å². The van der Waals surface area contributed by atoms with Gasteiger partial charge < -0.3 is 26.0 Å². The Balaban J connectivity index is 1.35. The monoisotopic (exact) mass is 438 g/mol. The number of nitrogen functional groups attached to an aromatic ring is 2. The fraction of sp³-hybridized carbons (Fsp3) is 0.455. The van der Waals surface area contributed by atoms with Crippen molar-refractivity contribution in [3.8, 4) is 5.75 Å². The van der Waals surface area contributed by atoms with Gasteiger partial charge >= 0.3 is 6.09 Å². The second-order valence-corrected chi connectivity index (χ2v) is 8.23. The molecule has 0 atom stereocenters. The van der Waals surface area contributed by atoms with Gasteiger partial charge in [-0.15, -0.1) is 10.2 Å². The molecule has 2 fully saturated rings. The zero-order valence-corrected chi connectivity index (χ0v) is 18.4. The molecule has 2 saturated heterocycles. The molecule has 3 heterocycles. The number of hydrogen-bond acceptors (Lipinski definition) is 9. The maximum Gasteiger partial charge on any atom is 0.415 e. The molecule has 4 N–H and O–H groups in total. The quantitative estimate of drug-likeness (QED) is 0.703. The number of likely N-dealkylation sites (tertiary alicyclic amines) is 1. The number of amides is 1. The fourth-order valence-electron chi connectivity index (χ4n) is 4.06. The van der Waals surface area contributed by atoms with Crippen molar-refractivity contribution in [2.45, 2.75) is 18.9 Å². The van der Waals surface area contributed by atoms with Gasteiger partial charge in [0.25, 0.3) is 0 Å². The maximum atomic E-state index is 12.8. The first-order valence-electron chi connectivity index (χ1n) is 10.9. The first-order chi connectivity index (χ1) is 15.5. The van der Waals surface area contributed by atoms with Crippen molar-refractivity contribution in [3.05, 3.63) is 36.4 Å². The van der Waals surface area contributed by atoms with Crippen LogP contribution in [0.2, 0.25) is 0 Å². The Morgan fingerprint density at radius 1 is 0.969 bits per heavy atom. The fourth-order valence-corrected chi connectivity index (χ4v) is 4.06. The lowest BCUT2D eigenvalue weighted by Gasteiger charge is -2.41. The number of hydrogen-bond donors (Lipinski definition) is 2. The number of likely N-dealkylation sites (N-methyl/N-ethyl adjacent to an activating group) is 1. The minimum Gasteiger partial charge on any atom is -0.408 e. The second kappa shape index (κ2) is 9.92. The maximum absolute atomic E-state index is 12.8. The standard InChI is InChI=1S/C22H30N8O2/c1-28-12-14-29(15-13-28)16-8-10-30(11-9-16)22(31)32-19-5-3-2-4-17(19)26-27-18-6-7-20(23)25-21(18)24/h2-7,16H,8-15H2,1H3,(H4,23,24,25). The van der Waals surface area contributed by atoms with Gasteiger partial charge in [-0.2, -0.15) is 0 Å². The van der Waals surface area contributed by atoms with Crippen molar-refractivity contribution in [2.75, 3.05) is 57.8 Å². The highest BCUT2D eigenvalue weighted by atomic mass is 16.6. The normalized spacial score (nSPS) is 18.8. The minimum atomic E-state index is -0.363. The lowest BCUT2D eigenvalue weighted by atomic mass is 10.0. The van der Waals surface area contributed by atoms with Crippen molar-refractivity contribution >= 4 is 29.1 Å². The van der Waals surface area contributed by atoms with Crippen LogP contribution in [-0.2, 0) is 0 Å². The summed E-state index contributed by atoms with van der Waals surface area (Å²) in [5.41, 5.74) is 12.3. The third-order valence-electron chi connectivity index (χ3n) is 6.03. The van der Waals surface area contributed by atoms with Crippen LogP contribution in [0.4, 0.5) is 27.8 Å². The third kappa shape index (κ3) is 5.32. The Labute approximate surface area is 187 Å². The largest absolute Gasteiger partial charge is 0.415 e. The number of carbonyl (C=O) groups is 1. The summed E-state index contributed by atoms with van der Waals surface area (Å²) >= 11 is 0. The van der Waals surface area contributed by atoms with Crippen LogP contribution in [0.5, 0.6) is 5.75 Å². The zero-order chi connectivity index (χ0) is 22.5. The number of piperazine rings is 1. The predicted octanol–water partition coefficient (Wildman–Crippen LogP) is 2.87. The van der Waals surface area contributed by atoms with E-state index in [9.17, 15) is 4.79 Å². The van der Waals surface area contributed by atoms with E-state index in [2.05, 4.69) is 32.1 Å². The molecule has 10 heteroatoms. The zero-order valence-electron chi connectivity index (χ0n) is 18.4. The van der Waals surface area contributed by atoms with Gasteiger partial charge in [0.2, 0.25) is 0 Å². The number of benzene rings is 1. The number of piperidine rings is 1. The molecule has 0 spiro atoms. The number of para-hydroxylation sites is 1. The Kier molecular flexibility index (Phi) is 6.81. The molecule has 2 aliphatic rings. The van der Waals surface area contributed by atoms with E-state index < -0.39 is 0 Å². The smallest absolute Gasteiger partial charge is 0.408 e. The predicted molar refractivity (Wildman–Crippen MR) is 123 cm³/mol. The van der Waals surface area contributed by atoms with Crippen LogP contribution in [0.3, 0.4) is 0 Å². The molecule has 170 valence electrons. The van der Waals surface area contributed by atoms with Gasteiger partial charge in [0.15, 0.2) is 11.6 Å². The van der Waals surface area contributed by atoms with Crippen LogP contribution in [-0.4, -0.2) is 78.1 Å². The lowest BCUT2D eigenvalue weighted by Crippen LogP contribution is -2.53. The van der Waals surface area contributed by atoms with Crippen LogP contribution < -0.4 is 16.2 Å². The van der Waals surface area contributed by atoms with E-state index in [1.165, 1.54) is 0 Å². The summed E-state index contributed by atoms with van der Waals surface area (Å²) in [5.74, 6) is 0.850. The summed E-state index contributed by atoms with van der Waals surface area (Å²) in [5, 5.41) is 8.33. The van der Waals surface area contributed by atoms with E-state index >= 15 is 0 Å². The molecule has 0 bridgehead atoms. The molecule has 32 heavy (non-hydrogen) atoms. The van der Waals surface area contributed by atoms with Crippen LogP contribution >= 0.6 is 0 Å². The van der Waals surface area contributed by atoms with Gasteiger partial charge in [-0.3, -0.25) is 4.90 Å². The molecule has 2 aliphatic heterocycles. The van der Waals surface area contributed by atoms with Gasteiger partial charge in [0.05, 0.1) is 0 Å². The molecule has 0 radical (unpaired) electrons. The molecule has 1 aromatic carbocycles.